The largest absolute Gasteiger partial charge is 0.354 e. The van der Waals surface area contributed by atoms with Crippen molar-refractivity contribution in [3.8, 4) is 6.07 Å². The van der Waals surface area contributed by atoms with E-state index in [4.69, 9.17) is 9.78 Å². The molecule has 2 heterocycles. The fourth-order valence-electron chi connectivity index (χ4n) is 2.06. The Morgan fingerprint density at radius 2 is 2.29 bits per heavy atom. The van der Waals surface area contributed by atoms with E-state index in [1.807, 2.05) is 6.07 Å². The molecule has 1 aromatic heterocycles. The summed E-state index contributed by atoms with van der Waals surface area (Å²) in [6.07, 6.45) is 5.31. The van der Waals surface area contributed by atoms with Gasteiger partial charge in [-0.25, -0.2) is 0 Å². The highest BCUT2D eigenvalue weighted by atomic mass is 16.5. The number of aromatic nitrogens is 1. The first-order chi connectivity index (χ1) is 8.38. The van der Waals surface area contributed by atoms with Crippen LogP contribution >= 0.6 is 0 Å². The summed E-state index contributed by atoms with van der Waals surface area (Å²) in [7, 11) is 0. The number of hydrogen-bond donors (Lipinski definition) is 0. The number of benzene rings is 1. The van der Waals surface area contributed by atoms with Gasteiger partial charge in [0, 0.05) is 13.1 Å². The highest BCUT2D eigenvalue weighted by Crippen LogP contribution is 2.27. The first kappa shape index (κ1) is 9.91. The van der Waals surface area contributed by atoms with E-state index in [1.54, 1.807) is 12.1 Å². The van der Waals surface area contributed by atoms with E-state index in [-0.39, 0.29) is 0 Å². The van der Waals surface area contributed by atoms with Gasteiger partial charge in [0.2, 0.25) is 0 Å². The van der Waals surface area contributed by atoms with Crippen molar-refractivity contribution < 1.29 is 4.52 Å². The second kappa shape index (κ2) is 3.95. The van der Waals surface area contributed by atoms with Crippen molar-refractivity contribution in [2.45, 2.75) is 6.42 Å². The van der Waals surface area contributed by atoms with Crippen molar-refractivity contribution >= 4 is 16.8 Å². The van der Waals surface area contributed by atoms with E-state index in [2.05, 4.69) is 28.3 Å². The fourth-order valence-corrected chi connectivity index (χ4v) is 2.06. The fraction of sp³-hybridized carbons (Fsp3) is 0.231. The van der Waals surface area contributed by atoms with Gasteiger partial charge in [0.05, 0.1) is 17.0 Å². The van der Waals surface area contributed by atoms with Crippen LogP contribution in [0.4, 0.5) is 5.82 Å². The van der Waals surface area contributed by atoms with Crippen molar-refractivity contribution in [1.82, 2.24) is 5.16 Å². The molecule has 4 heteroatoms. The zero-order chi connectivity index (χ0) is 11.7. The van der Waals surface area contributed by atoms with E-state index in [0.29, 0.717) is 5.56 Å². The summed E-state index contributed by atoms with van der Waals surface area (Å²) >= 11 is 0. The average molecular weight is 225 g/mol. The van der Waals surface area contributed by atoms with E-state index in [1.165, 1.54) is 0 Å². The molecule has 0 atom stereocenters. The maximum Gasteiger partial charge on any atom is 0.180 e. The van der Waals surface area contributed by atoms with Crippen LogP contribution in [0.15, 0.2) is 34.9 Å². The topological polar surface area (TPSA) is 53.1 Å². The van der Waals surface area contributed by atoms with Crippen LogP contribution in [0.2, 0.25) is 0 Å². The summed E-state index contributed by atoms with van der Waals surface area (Å²) in [5.74, 6) is 0.835. The van der Waals surface area contributed by atoms with Gasteiger partial charge in [0.25, 0.3) is 0 Å². The van der Waals surface area contributed by atoms with E-state index in [9.17, 15) is 0 Å². The van der Waals surface area contributed by atoms with Gasteiger partial charge < -0.3 is 9.42 Å². The Morgan fingerprint density at radius 3 is 3.06 bits per heavy atom. The molecule has 0 saturated heterocycles. The van der Waals surface area contributed by atoms with Gasteiger partial charge in [0.1, 0.15) is 0 Å². The van der Waals surface area contributed by atoms with Gasteiger partial charge in [-0.3, -0.25) is 0 Å². The van der Waals surface area contributed by atoms with Crippen molar-refractivity contribution in [3.05, 3.63) is 35.9 Å². The Labute approximate surface area is 98.7 Å². The number of hydrogen-bond acceptors (Lipinski definition) is 4. The molecular formula is C13H11N3O. The normalized spacial score (nSPS) is 15.1. The van der Waals surface area contributed by atoms with Crippen LogP contribution in [0, 0.1) is 11.3 Å². The first-order valence-electron chi connectivity index (χ1n) is 5.58. The molecule has 0 saturated carbocycles. The van der Waals surface area contributed by atoms with Crippen molar-refractivity contribution in [2.75, 3.05) is 18.0 Å². The Bertz CT molecular complexity index is 621. The lowest BCUT2D eigenvalue weighted by molar-refractivity contribution is 0.455. The molecule has 0 N–H and O–H groups in total. The molecule has 0 radical (unpaired) electrons. The summed E-state index contributed by atoms with van der Waals surface area (Å²) in [5.41, 5.74) is 1.36. The van der Waals surface area contributed by atoms with Gasteiger partial charge >= 0.3 is 0 Å². The zero-order valence-corrected chi connectivity index (χ0v) is 9.26. The van der Waals surface area contributed by atoms with Crippen LogP contribution in [0.25, 0.3) is 11.0 Å². The van der Waals surface area contributed by atoms with E-state index >= 15 is 0 Å². The van der Waals surface area contributed by atoms with Crippen LogP contribution in [0.5, 0.6) is 0 Å². The van der Waals surface area contributed by atoms with Gasteiger partial charge in [-0.2, -0.15) is 5.26 Å². The Kier molecular flexibility index (Phi) is 2.30. The summed E-state index contributed by atoms with van der Waals surface area (Å²) in [5, 5.41) is 13.9. The number of nitriles is 1. The Hall–Kier alpha value is -2.28. The molecule has 17 heavy (non-hydrogen) atoms. The quantitative estimate of drug-likeness (QED) is 0.699. The third-order valence-electron chi connectivity index (χ3n) is 2.94. The Balaban J connectivity index is 2.10. The summed E-state index contributed by atoms with van der Waals surface area (Å²) < 4.78 is 5.28. The molecule has 0 spiro atoms. The van der Waals surface area contributed by atoms with E-state index < -0.39 is 0 Å². The summed E-state index contributed by atoms with van der Waals surface area (Å²) in [6, 6.07) is 7.51. The third-order valence-corrected chi connectivity index (χ3v) is 2.94. The number of fused-ring (bicyclic) bond motifs is 1. The maximum absolute atomic E-state index is 8.91. The highest BCUT2D eigenvalue weighted by molar-refractivity contribution is 5.89. The molecule has 3 rings (SSSR count). The molecule has 0 unspecified atom stereocenters. The predicted molar refractivity (Wildman–Crippen MR) is 64.7 cm³/mol. The summed E-state index contributed by atoms with van der Waals surface area (Å²) in [6.45, 7) is 1.79. The minimum atomic E-state index is 0.634. The maximum atomic E-state index is 8.91. The molecule has 0 aliphatic carbocycles. The number of anilines is 1. The number of rotatable bonds is 1. The molecule has 4 nitrogen and oxygen atoms in total. The molecule has 1 aromatic carbocycles. The molecule has 84 valence electrons. The second-order valence-corrected chi connectivity index (χ2v) is 4.04. The van der Waals surface area contributed by atoms with Crippen LogP contribution in [0.3, 0.4) is 0 Å². The van der Waals surface area contributed by atoms with Gasteiger partial charge in [-0.15, -0.1) is 0 Å². The van der Waals surface area contributed by atoms with Crippen LogP contribution < -0.4 is 4.90 Å². The number of nitrogens with zero attached hydrogens (tertiary/aromatic N) is 3. The standard InChI is InChI=1S/C13H11N3O/c14-9-10-4-5-12-11(8-10)13(15-17-12)16-6-2-1-3-7-16/h1-2,4-5,8H,3,6-7H2. The molecule has 1 aliphatic heterocycles. The molecule has 0 bridgehead atoms. The smallest absolute Gasteiger partial charge is 0.180 e. The monoisotopic (exact) mass is 225 g/mol. The molecule has 2 aromatic rings. The van der Waals surface area contributed by atoms with Gasteiger partial charge in [-0.1, -0.05) is 17.3 Å². The molecule has 0 amide bonds. The molecular weight excluding hydrogens is 214 g/mol. The Morgan fingerprint density at radius 1 is 1.35 bits per heavy atom. The van der Waals surface area contributed by atoms with Gasteiger partial charge in [0.15, 0.2) is 11.4 Å². The zero-order valence-electron chi connectivity index (χ0n) is 9.26. The SMILES string of the molecule is N#Cc1ccc2onc(N3CC=CCC3)c2c1. The minimum Gasteiger partial charge on any atom is -0.354 e. The van der Waals surface area contributed by atoms with Crippen molar-refractivity contribution in [2.24, 2.45) is 0 Å². The van der Waals surface area contributed by atoms with Crippen LogP contribution in [-0.2, 0) is 0 Å². The van der Waals surface area contributed by atoms with Crippen LogP contribution in [-0.4, -0.2) is 18.2 Å². The minimum absolute atomic E-state index is 0.634. The lowest BCUT2D eigenvalue weighted by Gasteiger charge is -2.22. The average Bonchev–Trinajstić information content (AvgIpc) is 2.82. The molecule has 1 aliphatic rings. The van der Waals surface area contributed by atoms with Gasteiger partial charge in [-0.05, 0) is 24.6 Å². The lowest BCUT2D eigenvalue weighted by atomic mass is 10.1. The van der Waals surface area contributed by atoms with Crippen molar-refractivity contribution in [3.63, 3.8) is 0 Å². The highest BCUT2D eigenvalue weighted by Gasteiger charge is 2.16. The van der Waals surface area contributed by atoms with E-state index in [0.717, 1.165) is 36.3 Å². The lowest BCUT2D eigenvalue weighted by Crippen LogP contribution is -2.27. The molecule has 0 fully saturated rings. The first-order valence-corrected chi connectivity index (χ1v) is 5.58. The van der Waals surface area contributed by atoms with Crippen LogP contribution in [0.1, 0.15) is 12.0 Å². The second-order valence-electron chi connectivity index (χ2n) is 4.04. The third kappa shape index (κ3) is 1.66. The van der Waals surface area contributed by atoms with Crippen molar-refractivity contribution in [1.29, 1.82) is 5.26 Å². The summed E-state index contributed by atoms with van der Waals surface area (Å²) in [4.78, 5) is 2.16. The predicted octanol–water partition coefficient (Wildman–Crippen LogP) is 2.47.